The predicted molar refractivity (Wildman–Crippen MR) is 231 cm³/mol. The Morgan fingerprint density at radius 3 is 1.96 bits per heavy atom. The van der Waals surface area contributed by atoms with E-state index in [9.17, 15) is 0 Å². The number of para-hydroxylation sites is 5. The smallest absolute Gasteiger partial charge is 0.260 e. The molecule has 0 fully saturated rings. The molecular formula is C51H35BN2O2. The molecule has 12 rings (SSSR count). The lowest BCUT2D eigenvalue weighted by atomic mass is 9.34. The summed E-state index contributed by atoms with van der Waals surface area (Å²) in [5.74, 6) is 3.57. The van der Waals surface area contributed by atoms with Gasteiger partial charge < -0.3 is 18.9 Å². The van der Waals surface area contributed by atoms with Crippen molar-refractivity contribution in [2.45, 2.75) is 19.3 Å². The maximum absolute atomic E-state index is 7.56. The molecule has 0 atom stereocenters. The Bertz CT molecular complexity index is 3020. The fraction of sp³-hybridized carbons (Fsp3) is 0.0588. The van der Waals surface area contributed by atoms with Gasteiger partial charge in [0.15, 0.2) is 0 Å². The third-order valence-corrected chi connectivity index (χ3v) is 12.2. The molecule has 0 saturated carbocycles. The minimum absolute atomic E-state index is 0.0626. The monoisotopic (exact) mass is 718 g/mol. The number of ether oxygens (including phenoxy) is 2. The van der Waals surface area contributed by atoms with Gasteiger partial charge in [-0.1, -0.05) is 123 Å². The van der Waals surface area contributed by atoms with Gasteiger partial charge in [-0.15, -0.1) is 0 Å². The highest BCUT2D eigenvalue weighted by molar-refractivity contribution is 6.98. The molecule has 2 aliphatic heterocycles. The number of nitrogens with zero attached hydrogens (tertiary/aromatic N) is 2. The lowest BCUT2D eigenvalue weighted by Gasteiger charge is -2.36. The van der Waals surface area contributed by atoms with Crippen LogP contribution in [0.3, 0.4) is 0 Å². The number of hydrogen-bond donors (Lipinski definition) is 0. The normalized spacial score (nSPS) is 13.9. The first-order valence-electron chi connectivity index (χ1n) is 19.4. The van der Waals surface area contributed by atoms with Crippen molar-refractivity contribution in [3.8, 4) is 39.8 Å². The Labute approximate surface area is 325 Å². The van der Waals surface area contributed by atoms with Crippen molar-refractivity contribution in [1.82, 2.24) is 4.57 Å². The van der Waals surface area contributed by atoms with E-state index in [0.717, 1.165) is 78.7 Å². The molecule has 8 aromatic carbocycles. The van der Waals surface area contributed by atoms with Crippen LogP contribution in [0, 0.1) is 0 Å². The molecule has 264 valence electrons. The van der Waals surface area contributed by atoms with Gasteiger partial charge in [0.05, 0.1) is 11.0 Å². The molecule has 0 saturated heterocycles. The van der Waals surface area contributed by atoms with Crippen molar-refractivity contribution in [3.05, 3.63) is 187 Å². The number of hydrogen-bond acceptors (Lipinski definition) is 3. The largest absolute Gasteiger partial charge is 0.458 e. The number of anilines is 3. The Kier molecular flexibility index (Phi) is 6.45. The van der Waals surface area contributed by atoms with Crippen LogP contribution in [-0.2, 0) is 5.41 Å². The number of benzene rings is 8. The van der Waals surface area contributed by atoms with Crippen molar-refractivity contribution in [2.75, 3.05) is 4.90 Å². The molecular weight excluding hydrogens is 683 g/mol. The Balaban J connectivity index is 1.12. The summed E-state index contributed by atoms with van der Waals surface area (Å²) in [6.45, 7) is 4.65. The third-order valence-electron chi connectivity index (χ3n) is 12.2. The minimum atomic E-state index is -0.386. The highest BCUT2D eigenvalue weighted by Crippen LogP contribution is 2.57. The van der Waals surface area contributed by atoms with E-state index < -0.39 is 0 Å². The molecule has 0 N–H and O–H groups in total. The van der Waals surface area contributed by atoms with Gasteiger partial charge in [-0.05, 0) is 94.3 Å². The number of aromatic nitrogens is 1. The zero-order valence-electron chi connectivity index (χ0n) is 31.0. The molecule has 0 radical (unpaired) electrons. The molecule has 1 aliphatic carbocycles. The second-order valence-corrected chi connectivity index (χ2v) is 15.6. The van der Waals surface area contributed by atoms with E-state index in [1.54, 1.807) is 0 Å². The summed E-state index contributed by atoms with van der Waals surface area (Å²) in [6, 6.07) is 63.0. The number of rotatable bonds is 4. The van der Waals surface area contributed by atoms with Crippen LogP contribution < -0.4 is 30.8 Å². The quantitative estimate of drug-likeness (QED) is 0.170. The lowest BCUT2D eigenvalue weighted by molar-refractivity contribution is 0.455. The zero-order chi connectivity index (χ0) is 37.1. The first-order valence-corrected chi connectivity index (χ1v) is 19.4. The maximum Gasteiger partial charge on any atom is 0.260 e. The summed E-state index contributed by atoms with van der Waals surface area (Å²) in [5, 5.41) is 2.38. The van der Waals surface area contributed by atoms with Crippen molar-refractivity contribution < 1.29 is 9.47 Å². The van der Waals surface area contributed by atoms with E-state index in [1.807, 2.05) is 0 Å². The molecule has 0 amide bonds. The molecule has 3 aliphatic rings. The SMILES string of the molecule is CC1(C)c2cc(N(c3ccccc3)c3ccccc3)ccc2-c2cc3c4c(c21)Oc1c(ccc2c5ccccc5n(-c5ccccc5)c12)B4c1ccccc1O3. The highest BCUT2D eigenvalue weighted by Gasteiger charge is 2.48. The van der Waals surface area contributed by atoms with Gasteiger partial charge in [0.1, 0.15) is 23.0 Å². The van der Waals surface area contributed by atoms with Gasteiger partial charge in [0.25, 0.3) is 6.71 Å². The molecule has 0 unspecified atom stereocenters. The van der Waals surface area contributed by atoms with E-state index in [-0.39, 0.29) is 12.1 Å². The first-order chi connectivity index (χ1) is 27.6. The molecule has 0 bridgehead atoms. The fourth-order valence-corrected chi connectivity index (χ4v) is 9.84. The van der Waals surface area contributed by atoms with E-state index in [4.69, 9.17) is 9.47 Å². The summed E-state index contributed by atoms with van der Waals surface area (Å²) in [4.78, 5) is 2.34. The number of fused-ring (bicyclic) bond motifs is 12. The van der Waals surface area contributed by atoms with Crippen LogP contribution in [0.15, 0.2) is 176 Å². The van der Waals surface area contributed by atoms with Gasteiger partial charge in [-0.25, -0.2) is 0 Å². The molecule has 9 aromatic rings. The van der Waals surface area contributed by atoms with E-state index in [1.165, 1.54) is 27.5 Å². The summed E-state index contributed by atoms with van der Waals surface area (Å²) in [7, 11) is 0. The highest BCUT2D eigenvalue weighted by atomic mass is 16.5. The average Bonchev–Trinajstić information content (AvgIpc) is 3.70. The summed E-state index contributed by atoms with van der Waals surface area (Å²) in [6.07, 6.45) is 0. The topological polar surface area (TPSA) is 26.6 Å². The molecule has 5 heteroatoms. The molecule has 0 spiro atoms. The van der Waals surface area contributed by atoms with Gasteiger partial charge >= 0.3 is 0 Å². The molecule has 4 nitrogen and oxygen atoms in total. The van der Waals surface area contributed by atoms with Crippen molar-refractivity contribution >= 4 is 62.0 Å². The van der Waals surface area contributed by atoms with Crippen molar-refractivity contribution in [3.63, 3.8) is 0 Å². The third kappa shape index (κ3) is 4.25. The molecule has 1 aromatic heterocycles. The lowest BCUT2D eigenvalue weighted by Crippen LogP contribution is -2.57. The second-order valence-electron chi connectivity index (χ2n) is 15.6. The van der Waals surface area contributed by atoms with Gasteiger partial charge in [0, 0.05) is 50.0 Å². The van der Waals surface area contributed by atoms with Crippen LogP contribution in [0.4, 0.5) is 17.1 Å². The van der Waals surface area contributed by atoms with Crippen LogP contribution in [0.1, 0.15) is 25.0 Å². The fourth-order valence-electron chi connectivity index (χ4n) is 9.84. The Hall–Kier alpha value is -6.98. The second kappa shape index (κ2) is 11.5. The first kappa shape index (κ1) is 31.4. The summed E-state index contributed by atoms with van der Waals surface area (Å²) in [5.41, 5.74) is 14.6. The van der Waals surface area contributed by atoms with Crippen LogP contribution >= 0.6 is 0 Å². The van der Waals surface area contributed by atoms with Gasteiger partial charge in [-0.2, -0.15) is 0 Å². The zero-order valence-corrected chi connectivity index (χ0v) is 31.0. The van der Waals surface area contributed by atoms with Crippen LogP contribution in [-0.4, -0.2) is 11.3 Å². The van der Waals surface area contributed by atoms with Gasteiger partial charge in [0.2, 0.25) is 0 Å². The van der Waals surface area contributed by atoms with E-state index >= 15 is 0 Å². The summed E-state index contributed by atoms with van der Waals surface area (Å²) < 4.78 is 16.8. The summed E-state index contributed by atoms with van der Waals surface area (Å²) >= 11 is 0. The predicted octanol–water partition coefficient (Wildman–Crippen LogP) is 11.3. The average molecular weight is 719 g/mol. The van der Waals surface area contributed by atoms with Crippen LogP contribution in [0.25, 0.3) is 38.6 Å². The molecule has 56 heavy (non-hydrogen) atoms. The standard InChI is InChI=1S/C51H35BN2O2/c1-51(2)40-30-35(53(32-16-6-3-7-17-32)33-18-8-4-9-19-33)26-27-36(40)39-31-45-47-50(46(39)51)56-49-42(52(47)41-23-13-15-25-44(41)55-45)29-28-38-37-22-12-14-24-43(37)54(48(38)49)34-20-10-5-11-21-34/h3-31H,1-2H3. The minimum Gasteiger partial charge on any atom is -0.458 e. The Morgan fingerprint density at radius 1 is 0.518 bits per heavy atom. The van der Waals surface area contributed by atoms with Crippen molar-refractivity contribution in [1.29, 1.82) is 0 Å². The van der Waals surface area contributed by atoms with E-state index in [0.29, 0.717) is 0 Å². The Morgan fingerprint density at radius 2 is 1.20 bits per heavy atom. The molecule has 3 heterocycles. The van der Waals surface area contributed by atoms with Gasteiger partial charge in [-0.3, -0.25) is 0 Å². The van der Waals surface area contributed by atoms with Crippen LogP contribution in [0.2, 0.25) is 0 Å². The van der Waals surface area contributed by atoms with E-state index in [2.05, 4.69) is 199 Å². The van der Waals surface area contributed by atoms with Crippen LogP contribution in [0.5, 0.6) is 23.0 Å². The van der Waals surface area contributed by atoms with Crippen molar-refractivity contribution in [2.24, 2.45) is 0 Å². The maximum atomic E-state index is 7.56.